The Labute approximate surface area is 165 Å². The van der Waals surface area contributed by atoms with Gasteiger partial charge in [-0.1, -0.05) is 18.2 Å². The number of rotatable bonds is 4. The lowest BCUT2D eigenvalue weighted by Crippen LogP contribution is -2.41. The first-order valence-electron chi connectivity index (χ1n) is 9.10. The average molecular weight is 398 g/mol. The van der Waals surface area contributed by atoms with Crippen LogP contribution in [0.4, 0.5) is 0 Å². The largest absolute Gasteiger partial charge is 0.426 e. The number of esters is 1. The fraction of sp³-hybridized carbons (Fsp3) is 0.333. The molecule has 0 saturated carbocycles. The van der Waals surface area contributed by atoms with Gasteiger partial charge in [0.1, 0.15) is 11.8 Å². The number of benzene rings is 2. The second-order valence-corrected chi connectivity index (χ2v) is 8.94. The monoisotopic (exact) mass is 398 g/mol. The summed E-state index contributed by atoms with van der Waals surface area (Å²) in [5.41, 5.74) is 2.15. The van der Waals surface area contributed by atoms with Gasteiger partial charge in [0.2, 0.25) is 10.0 Å². The smallest absolute Gasteiger partial charge is 0.314 e. The molecule has 7 heteroatoms. The van der Waals surface area contributed by atoms with Crippen molar-refractivity contribution in [3.63, 3.8) is 0 Å². The maximum absolute atomic E-state index is 12.9. The second kappa shape index (κ2) is 8.13. The summed E-state index contributed by atoms with van der Waals surface area (Å²) < 4.78 is 32.6. The normalized spacial score (nSPS) is 15.8. The summed E-state index contributed by atoms with van der Waals surface area (Å²) in [6.07, 6.45) is 0.773. The van der Waals surface area contributed by atoms with Crippen molar-refractivity contribution in [3.8, 4) is 11.8 Å². The Bertz CT molecular complexity index is 1010. The predicted octanol–water partition coefficient (Wildman–Crippen LogP) is 3.18. The van der Waals surface area contributed by atoms with Crippen LogP contribution in [0.1, 0.15) is 29.5 Å². The van der Waals surface area contributed by atoms with Gasteiger partial charge in [-0.05, 0) is 62.1 Å². The zero-order valence-corrected chi connectivity index (χ0v) is 16.7. The van der Waals surface area contributed by atoms with E-state index in [4.69, 9.17) is 4.74 Å². The lowest BCUT2D eigenvalue weighted by molar-refractivity contribution is -0.140. The third kappa shape index (κ3) is 4.24. The van der Waals surface area contributed by atoms with Crippen LogP contribution >= 0.6 is 0 Å². The minimum atomic E-state index is -3.77. The summed E-state index contributed by atoms with van der Waals surface area (Å²) in [5, 5.41) is 9.18. The molecule has 0 aromatic heterocycles. The van der Waals surface area contributed by atoms with Crippen molar-refractivity contribution in [2.24, 2.45) is 5.92 Å². The van der Waals surface area contributed by atoms with Crippen LogP contribution in [-0.2, 0) is 14.8 Å². The summed E-state index contributed by atoms with van der Waals surface area (Å²) in [5.74, 6) is -0.168. The fourth-order valence-corrected chi connectivity index (χ4v) is 5.06. The first-order chi connectivity index (χ1) is 13.3. The Morgan fingerprint density at radius 1 is 1.11 bits per heavy atom. The van der Waals surface area contributed by atoms with Crippen LogP contribution in [0.2, 0.25) is 0 Å². The van der Waals surface area contributed by atoms with E-state index in [0.29, 0.717) is 18.6 Å². The molecule has 1 aliphatic heterocycles. The number of nitrogens with zero attached hydrogens (tertiary/aromatic N) is 2. The van der Waals surface area contributed by atoms with Crippen LogP contribution in [0.3, 0.4) is 0 Å². The molecular weight excluding hydrogens is 376 g/mol. The predicted molar refractivity (Wildman–Crippen MR) is 104 cm³/mol. The molecule has 0 unspecified atom stereocenters. The molecule has 0 amide bonds. The van der Waals surface area contributed by atoms with Gasteiger partial charge in [0.25, 0.3) is 0 Å². The first-order valence-corrected chi connectivity index (χ1v) is 10.5. The third-order valence-electron chi connectivity index (χ3n) is 4.83. The maximum Gasteiger partial charge on any atom is 0.314 e. The van der Waals surface area contributed by atoms with E-state index in [0.717, 1.165) is 11.1 Å². The molecule has 0 spiro atoms. The molecule has 0 atom stereocenters. The van der Waals surface area contributed by atoms with Crippen molar-refractivity contribution in [2.45, 2.75) is 31.6 Å². The van der Waals surface area contributed by atoms with E-state index in [9.17, 15) is 18.5 Å². The highest BCUT2D eigenvalue weighted by Gasteiger charge is 2.34. The Morgan fingerprint density at radius 3 is 2.32 bits per heavy atom. The van der Waals surface area contributed by atoms with Crippen molar-refractivity contribution in [2.75, 3.05) is 13.1 Å². The lowest BCUT2D eigenvalue weighted by Gasteiger charge is -2.30. The quantitative estimate of drug-likeness (QED) is 0.583. The summed E-state index contributed by atoms with van der Waals surface area (Å²) >= 11 is 0. The standard InChI is InChI=1S/C21H22N2O4S/c1-15-11-16(2)13-19(12-15)27-21(24)17-7-9-23(10-8-17)28(25,26)20-6-4-3-5-18(20)14-22/h3-6,11-13,17H,7-10H2,1-2H3. The second-order valence-electron chi connectivity index (χ2n) is 7.03. The Hall–Kier alpha value is -2.69. The number of carbonyl (C=O) groups is 1. The maximum atomic E-state index is 12.9. The minimum absolute atomic E-state index is 0.00811. The van der Waals surface area contributed by atoms with Gasteiger partial charge in [-0.3, -0.25) is 4.79 Å². The van der Waals surface area contributed by atoms with Gasteiger partial charge in [0, 0.05) is 13.1 Å². The van der Waals surface area contributed by atoms with Gasteiger partial charge in [-0.25, -0.2) is 8.42 Å². The molecule has 6 nitrogen and oxygen atoms in total. The van der Waals surface area contributed by atoms with Crippen molar-refractivity contribution in [3.05, 3.63) is 59.2 Å². The molecule has 2 aromatic rings. The van der Waals surface area contributed by atoms with Gasteiger partial charge in [0.05, 0.1) is 16.4 Å². The lowest BCUT2D eigenvalue weighted by atomic mass is 9.98. The van der Waals surface area contributed by atoms with Crippen molar-refractivity contribution in [1.82, 2.24) is 4.31 Å². The molecule has 28 heavy (non-hydrogen) atoms. The van der Waals surface area contributed by atoms with Gasteiger partial charge in [0.15, 0.2) is 0 Å². The molecular formula is C21H22N2O4S. The fourth-order valence-electron chi connectivity index (χ4n) is 3.45. The van der Waals surface area contributed by atoms with Gasteiger partial charge in [-0.15, -0.1) is 0 Å². The van der Waals surface area contributed by atoms with Crippen LogP contribution in [0.25, 0.3) is 0 Å². The summed E-state index contributed by atoms with van der Waals surface area (Å²) in [7, 11) is -3.77. The number of aryl methyl sites for hydroxylation is 2. The van der Waals surface area contributed by atoms with Crippen molar-refractivity contribution in [1.29, 1.82) is 5.26 Å². The highest BCUT2D eigenvalue weighted by molar-refractivity contribution is 7.89. The van der Waals surface area contributed by atoms with Crippen LogP contribution in [0, 0.1) is 31.1 Å². The molecule has 0 bridgehead atoms. The average Bonchev–Trinajstić information content (AvgIpc) is 2.67. The van der Waals surface area contributed by atoms with E-state index in [1.54, 1.807) is 12.1 Å². The third-order valence-corrected chi connectivity index (χ3v) is 6.78. The van der Waals surface area contributed by atoms with Crippen LogP contribution in [0.15, 0.2) is 47.4 Å². The number of sulfonamides is 1. The Kier molecular flexibility index (Phi) is 5.82. The molecule has 3 rings (SSSR count). The number of ether oxygens (including phenoxy) is 1. The number of piperidine rings is 1. The molecule has 1 aliphatic rings. The molecule has 1 fully saturated rings. The number of carbonyl (C=O) groups excluding carboxylic acids is 1. The van der Waals surface area contributed by atoms with Gasteiger partial charge in [-0.2, -0.15) is 9.57 Å². The van der Waals surface area contributed by atoms with Crippen molar-refractivity contribution < 1.29 is 17.9 Å². The Balaban J connectivity index is 1.67. The molecule has 146 valence electrons. The Morgan fingerprint density at radius 2 is 1.71 bits per heavy atom. The number of nitriles is 1. The van der Waals surface area contributed by atoms with E-state index < -0.39 is 10.0 Å². The molecule has 0 aliphatic carbocycles. The molecule has 2 aromatic carbocycles. The number of hydrogen-bond acceptors (Lipinski definition) is 5. The van der Waals surface area contributed by atoms with Crippen LogP contribution in [-0.4, -0.2) is 31.8 Å². The zero-order valence-electron chi connectivity index (χ0n) is 15.9. The van der Waals surface area contributed by atoms with Crippen LogP contribution < -0.4 is 4.74 Å². The van der Waals surface area contributed by atoms with Gasteiger partial charge < -0.3 is 4.74 Å². The molecule has 1 saturated heterocycles. The highest BCUT2D eigenvalue weighted by atomic mass is 32.2. The van der Waals surface area contributed by atoms with Gasteiger partial charge >= 0.3 is 5.97 Å². The van der Waals surface area contributed by atoms with Crippen molar-refractivity contribution >= 4 is 16.0 Å². The summed E-state index contributed by atoms with van der Waals surface area (Å²) in [4.78, 5) is 12.5. The van der Waals surface area contributed by atoms with Crippen LogP contribution in [0.5, 0.6) is 5.75 Å². The highest BCUT2D eigenvalue weighted by Crippen LogP contribution is 2.27. The summed E-state index contributed by atoms with van der Waals surface area (Å²) in [6, 6.07) is 13.7. The molecule has 1 heterocycles. The van der Waals surface area contributed by atoms with E-state index in [1.165, 1.54) is 16.4 Å². The molecule has 0 radical (unpaired) electrons. The topological polar surface area (TPSA) is 87.5 Å². The molecule has 0 N–H and O–H groups in total. The van der Waals surface area contributed by atoms with E-state index in [-0.39, 0.29) is 35.4 Å². The van der Waals surface area contributed by atoms with E-state index >= 15 is 0 Å². The van der Waals surface area contributed by atoms with E-state index in [2.05, 4.69) is 0 Å². The zero-order chi connectivity index (χ0) is 20.3. The first kappa shape index (κ1) is 20.1. The van der Waals surface area contributed by atoms with E-state index in [1.807, 2.05) is 38.1 Å². The number of hydrogen-bond donors (Lipinski definition) is 0. The SMILES string of the molecule is Cc1cc(C)cc(OC(=O)C2CCN(S(=O)(=O)c3ccccc3C#N)CC2)c1. The summed E-state index contributed by atoms with van der Waals surface area (Å²) in [6.45, 7) is 4.31. The minimum Gasteiger partial charge on any atom is -0.426 e.